The molecule has 1 aromatic carbocycles. The number of aliphatic hydroxyl groups excluding tert-OH is 1. The van der Waals surface area contributed by atoms with Crippen molar-refractivity contribution in [2.24, 2.45) is 0 Å². The van der Waals surface area contributed by atoms with Crippen LogP contribution < -0.4 is 0 Å². The van der Waals surface area contributed by atoms with Gasteiger partial charge >= 0.3 is 6.09 Å². The number of aliphatic hydroxyl groups is 1. The van der Waals surface area contributed by atoms with Gasteiger partial charge in [-0.15, -0.1) is 0 Å². The highest BCUT2D eigenvalue weighted by Gasteiger charge is 2.42. The molecule has 1 amide bonds. The quantitative estimate of drug-likeness (QED) is 0.790. The van der Waals surface area contributed by atoms with Gasteiger partial charge in [-0.3, -0.25) is 4.90 Å². The first-order valence-electron chi connectivity index (χ1n) is 10.0. The van der Waals surface area contributed by atoms with E-state index < -0.39 is 31.3 Å². The Labute approximate surface area is 164 Å². The summed E-state index contributed by atoms with van der Waals surface area (Å²) < 4.78 is 35.3. The first-order valence-corrected chi connectivity index (χ1v) is 10.0. The normalized spacial score (nSPS) is 30.6. The minimum atomic E-state index is -2.71. The highest BCUT2D eigenvalue weighted by atomic mass is 19.3. The third kappa shape index (κ3) is 5.20. The smallest absolute Gasteiger partial charge is 0.410 e. The highest BCUT2D eigenvalue weighted by molar-refractivity contribution is 5.69. The number of nitrogens with zero attached hydrogens (tertiary/aromatic N) is 1. The van der Waals surface area contributed by atoms with Gasteiger partial charge in [0.15, 0.2) is 6.61 Å². The van der Waals surface area contributed by atoms with Gasteiger partial charge in [0.25, 0.3) is 6.43 Å². The number of carbonyl (C=O) groups excluding carboxylic acids is 1. The van der Waals surface area contributed by atoms with Crippen molar-refractivity contribution in [3.63, 3.8) is 0 Å². The van der Waals surface area contributed by atoms with Gasteiger partial charge in [0, 0.05) is 6.04 Å². The second-order valence-corrected chi connectivity index (χ2v) is 7.81. The molecule has 2 unspecified atom stereocenters. The van der Waals surface area contributed by atoms with Crippen LogP contribution in [0.2, 0.25) is 0 Å². The summed E-state index contributed by atoms with van der Waals surface area (Å²) in [6.07, 6.45) is 0.139. The number of benzene rings is 1. The third-order valence-electron chi connectivity index (χ3n) is 5.85. The highest BCUT2D eigenvalue weighted by Crippen LogP contribution is 2.34. The molecule has 3 rings (SSSR count). The van der Waals surface area contributed by atoms with Gasteiger partial charge in [-0.1, -0.05) is 30.3 Å². The standard InChI is InChI=1S/C21H29F2NO4/c1-14-11-19(25)18(24(14)21(26)28-13-20(22)23)12-27-17-9-7-16(8-10-17)15-5-3-2-4-6-15/h2-6,14,16-20,25H,7-13H2,1H3/t14-,16?,17?,18?,19?/m1/s1. The van der Waals surface area contributed by atoms with Crippen LogP contribution in [0, 0.1) is 0 Å². The lowest BCUT2D eigenvalue weighted by molar-refractivity contribution is -0.0315. The molecule has 0 radical (unpaired) electrons. The molecule has 1 heterocycles. The van der Waals surface area contributed by atoms with Gasteiger partial charge in [-0.25, -0.2) is 13.6 Å². The van der Waals surface area contributed by atoms with E-state index in [1.54, 1.807) is 6.92 Å². The molecule has 3 atom stereocenters. The van der Waals surface area contributed by atoms with E-state index in [1.807, 2.05) is 6.07 Å². The van der Waals surface area contributed by atoms with Crippen LogP contribution in [0.15, 0.2) is 30.3 Å². The lowest BCUT2D eigenvalue weighted by atomic mass is 9.83. The monoisotopic (exact) mass is 397 g/mol. The summed E-state index contributed by atoms with van der Waals surface area (Å²) in [7, 11) is 0. The molecule has 1 aliphatic heterocycles. The largest absolute Gasteiger partial charge is 0.443 e. The van der Waals surface area contributed by atoms with Gasteiger partial charge in [0.1, 0.15) is 0 Å². The second-order valence-electron chi connectivity index (χ2n) is 7.81. The summed E-state index contributed by atoms with van der Waals surface area (Å²) in [5, 5.41) is 10.3. The Morgan fingerprint density at radius 2 is 1.89 bits per heavy atom. The van der Waals surface area contributed by atoms with E-state index in [9.17, 15) is 18.7 Å². The van der Waals surface area contributed by atoms with Crippen LogP contribution in [0.4, 0.5) is 13.6 Å². The van der Waals surface area contributed by atoms with Crippen molar-refractivity contribution in [1.29, 1.82) is 0 Å². The Hall–Kier alpha value is -1.73. The van der Waals surface area contributed by atoms with Crippen molar-refractivity contribution in [3.8, 4) is 0 Å². The summed E-state index contributed by atoms with van der Waals surface area (Å²) in [6.45, 7) is 1.03. The van der Waals surface area contributed by atoms with Gasteiger partial charge in [0.2, 0.25) is 0 Å². The van der Waals surface area contributed by atoms with Gasteiger partial charge in [-0.05, 0) is 50.5 Å². The van der Waals surface area contributed by atoms with E-state index in [2.05, 4.69) is 29.0 Å². The number of carbonyl (C=O) groups is 1. The summed E-state index contributed by atoms with van der Waals surface area (Å²) >= 11 is 0. The first-order chi connectivity index (χ1) is 13.5. The lowest BCUT2D eigenvalue weighted by Crippen LogP contribution is -2.46. The molecule has 0 spiro atoms. The molecule has 0 aromatic heterocycles. The molecule has 1 saturated heterocycles. The molecule has 1 aliphatic carbocycles. The minimum Gasteiger partial charge on any atom is -0.443 e. The molecule has 5 nitrogen and oxygen atoms in total. The number of hydrogen-bond acceptors (Lipinski definition) is 4. The fourth-order valence-electron chi connectivity index (χ4n) is 4.37. The van der Waals surface area contributed by atoms with Crippen molar-refractivity contribution < 1.29 is 28.2 Å². The van der Waals surface area contributed by atoms with E-state index in [-0.39, 0.29) is 18.8 Å². The topological polar surface area (TPSA) is 59.0 Å². The molecule has 0 bridgehead atoms. The summed E-state index contributed by atoms with van der Waals surface area (Å²) in [5.41, 5.74) is 1.36. The van der Waals surface area contributed by atoms with Crippen LogP contribution >= 0.6 is 0 Å². The minimum absolute atomic E-state index is 0.0852. The van der Waals surface area contributed by atoms with Crippen molar-refractivity contribution >= 4 is 6.09 Å². The van der Waals surface area contributed by atoms with E-state index in [4.69, 9.17) is 4.74 Å². The molecular formula is C21H29F2NO4. The summed E-state index contributed by atoms with van der Waals surface area (Å²) in [4.78, 5) is 13.5. The predicted octanol–water partition coefficient (Wildman–Crippen LogP) is 3.95. The molecular weight excluding hydrogens is 368 g/mol. The van der Waals surface area contributed by atoms with Crippen LogP contribution in [0.3, 0.4) is 0 Å². The Bertz CT molecular complexity index is 622. The van der Waals surface area contributed by atoms with Crippen molar-refractivity contribution in [2.45, 2.75) is 75.7 Å². The van der Waals surface area contributed by atoms with Crippen molar-refractivity contribution in [1.82, 2.24) is 4.90 Å². The molecule has 2 fully saturated rings. The number of amides is 1. The third-order valence-corrected chi connectivity index (χ3v) is 5.85. The second kappa shape index (κ2) is 9.65. The van der Waals surface area contributed by atoms with Gasteiger partial charge < -0.3 is 14.6 Å². The molecule has 1 aromatic rings. The molecule has 7 heteroatoms. The average molecular weight is 397 g/mol. The maximum atomic E-state index is 12.3. The van der Waals surface area contributed by atoms with Crippen LogP contribution in [0.1, 0.15) is 50.5 Å². The Kier molecular flexibility index (Phi) is 7.24. The molecule has 1 N–H and O–H groups in total. The van der Waals surface area contributed by atoms with Gasteiger partial charge in [0.05, 0.1) is 24.9 Å². The fraction of sp³-hybridized carbons (Fsp3) is 0.667. The molecule has 156 valence electrons. The fourth-order valence-corrected chi connectivity index (χ4v) is 4.37. The number of ether oxygens (including phenoxy) is 2. The van der Waals surface area contributed by atoms with Crippen LogP contribution in [0.25, 0.3) is 0 Å². The maximum Gasteiger partial charge on any atom is 0.410 e. The number of alkyl halides is 2. The summed E-state index contributed by atoms with van der Waals surface area (Å²) in [5.74, 6) is 0.541. The number of halogens is 2. The predicted molar refractivity (Wildman–Crippen MR) is 100 cm³/mol. The molecule has 2 aliphatic rings. The van der Waals surface area contributed by atoms with E-state index in [1.165, 1.54) is 10.5 Å². The first kappa shape index (κ1) is 21.0. The zero-order valence-electron chi connectivity index (χ0n) is 16.2. The Balaban J connectivity index is 1.49. The molecule has 1 saturated carbocycles. The van der Waals surface area contributed by atoms with Crippen LogP contribution in [-0.4, -0.2) is 60.0 Å². The van der Waals surface area contributed by atoms with Crippen LogP contribution in [0.5, 0.6) is 0 Å². The van der Waals surface area contributed by atoms with E-state index in [0.717, 1.165) is 25.7 Å². The molecule has 28 heavy (non-hydrogen) atoms. The number of hydrogen-bond donors (Lipinski definition) is 1. The van der Waals surface area contributed by atoms with E-state index in [0.29, 0.717) is 12.3 Å². The van der Waals surface area contributed by atoms with Gasteiger partial charge in [-0.2, -0.15) is 0 Å². The van der Waals surface area contributed by atoms with Crippen molar-refractivity contribution in [3.05, 3.63) is 35.9 Å². The SMILES string of the molecule is C[C@@H]1CC(O)C(COC2CCC(c3ccccc3)CC2)N1C(=O)OCC(F)F. The van der Waals surface area contributed by atoms with Crippen molar-refractivity contribution in [2.75, 3.05) is 13.2 Å². The number of likely N-dealkylation sites (tertiary alicyclic amines) is 1. The number of rotatable bonds is 6. The van der Waals surface area contributed by atoms with E-state index >= 15 is 0 Å². The Morgan fingerprint density at radius 1 is 1.21 bits per heavy atom. The lowest BCUT2D eigenvalue weighted by Gasteiger charge is -2.32. The average Bonchev–Trinajstić information content (AvgIpc) is 2.98. The van der Waals surface area contributed by atoms with Crippen LogP contribution in [-0.2, 0) is 9.47 Å². The summed E-state index contributed by atoms with van der Waals surface area (Å²) in [6, 6.07) is 9.61. The maximum absolute atomic E-state index is 12.3. The zero-order valence-corrected chi connectivity index (χ0v) is 16.2. The Morgan fingerprint density at radius 3 is 2.54 bits per heavy atom. The zero-order chi connectivity index (χ0) is 20.1.